The van der Waals surface area contributed by atoms with Gasteiger partial charge in [-0.3, -0.25) is 30.1 Å². The number of hydrogen-bond acceptors (Lipinski definition) is 5. The number of urea groups is 1. The first-order chi connectivity index (χ1) is 13.3. The fourth-order valence-electron chi connectivity index (χ4n) is 3.35. The molecule has 0 atom stereocenters. The molecule has 1 aliphatic heterocycles. The maximum atomic E-state index is 12.5. The molecule has 1 aromatic rings. The van der Waals surface area contributed by atoms with Crippen molar-refractivity contribution in [2.45, 2.75) is 38.1 Å². The Balaban J connectivity index is 1.43. The molecule has 1 heterocycles. The molecule has 1 saturated heterocycles. The van der Waals surface area contributed by atoms with Gasteiger partial charge in [-0.15, -0.1) is 0 Å². The first-order valence-electron chi connectivity index (χ1n) is 8.91. The molecular formula is C18H21ClN4O5. The van der Waals surface area contributed by atoms with Gasteiger partial charge >= 0.3 is 6.03 Å². The van der Waals surface area contributed by atoms with Crippen LogP contribution in [0.2, 0.25) is 5.02 Å². The van der Waals surface area contributed by atoms with Crippen molar-refractivity contribution >= 4 is 35.4 Å². The van der Waals surface area contributed by atoms with Gasteiger partial charge in [0.15, 0.2) is 6.61 Å². The summed E-state index contributed by atoms with van der Waals surface area (Å²) in [6, 6.07) is 4.37. The zero-order chi connectivity index (χ0) is 20.3. The molecule has 3 rings (SSSR count). The highest BCUT2D eigenvalue weighted by Gasteiger charge is 2.52. The molecule has 0 radical (unpaired) electrons. The Morgan fingerprint density at radius 3 is 2.57 bits per heavy atom. The molecule has 1 aliphatic carbocycles. The van der Waals surface area contributed by atoms with Gasteiger partial charge in [-0.2, -0.15) is 0 Å². The maximum absolute atomic E-state index is 12.5. The highest BCUT2D eigenvalue weighted by atomic mass is 35.5. The van der Waals surface area contributed by atoms with Crippen LogP contribution in [-0.2, 0) is 14.4 Å². The van der Waals surface area contributed by atoms with Crippen LogP contribution in [0.1, 0.15) is 31.2 Å². The summed E-state index contributed by atoms with van der Waals surface area (Å²) in [7, 11) is 0. The van der Waals surface area contributed by atoms with E-state index in [0.717, 1.165) is 23.3 Å². The lowest BCUT2D eigenvalue weighted by atomic mass is 9.98. The van der Waals surface area contributed by atoms with Gasteiger partial charge in [-0.05, 0) is 43.5 Å². The summed E-state index contributed by atoms with van der Waals surface area (Å²) in [5.41, 5.74) is 4.29. The Morgan fingerprint density at radius 1 is 1.21 bits per heavy atom. The normalized spacial score (nSPS) is 17.6. The van der Waals surface area contributed by atoms with Gasteiger partial charge in [0, 0.05) is 5.02 Å². The van der Waals surface area contributed by atoms with Gasteiger partial charge in [0.05, 0.1) is 0 Å². The third kappa shape index (κ3) is 4.19. The molecular weight excluding hydrogens is 388 g/mol. The Bertz CT molecular complexity index is 822. The number of rotatable bonds is 5. The van der Waals surface area contributed by atoms with E-state index in [2.05, 4.69) is 16.2 Å². The molecule has 10 heteroatoms. The SMILES string of the molecule is Cc1cc(OCC(=O)NNC(=O)CN2C(=O)NC3(CCCC3)C2=O)ccc1Cl. The van der Waals surface area contributed by atoms with Gasteiger partial charge in [-0.25, -0.2) is 4.79 Å². The van der Waals surface area contributed by atoms with E-state index in [0.29, 0.717) is 23.6 Å². The number of nitrogens with one attached hydrogen (secondary N) is 3. The third-order valence-electron chi connectivity index (χ3n) is 4.85. The number of carbonyl (C=O) groups excluding carboxylic acids is 4. The summed E-state index contributed by atoms with van der Waals surface area (Å²) in [5.74, 6) is -1.21. The average Bonchev–Trinajstić information content (AvgIpc) is 3.22. The van der Waals surface area contributed by atoms with E-state index in [-0.39, 0.29) is 6.61 Å². The van der Waals surface area contributed by atoms with Crippen LogP contribution in [0, 0.1) is 6.92 Å². The molecule has 1 spiro atoms. The van der Waals surface area contributed by atoms with E-state index >= 15 is 0 Å². The Hall–Kier alpha value is -2.81. The molecule has 5 amide bonds. The number of imide groups is 1. The molecule has 0 bridgehead atoms. The fraction of sp³-hybridized carbons (Fsp3) is 0.444. The number of nitrogens with zero attached hydrogens (tertiary/aromatic N) is 1. The first-order valence-corrected chi connectivity index (χ1v) is 9.29. The van der Waals surface area contributed by atoms with Crippen molar-refractivity contribution in [1.29, 1.82) is 0 Å². The van der Waals surface area contributed by atoms with Crippen LogP contribution in [0.3, 0.4) is 0 Å². The molecule has 0 unspecified atom stereocenters. The van der Waals surface area contributed by atoms with Crippen molar-refractivity contribution in [2.75, 3.05) is 13.2 Å². The molecule has 0 aromatic heterocycles. The van der Waals surface area contributed by atoms with Crippen LogP contribution in [0.15, 0.2) is 18.2 Å². The monoisotopic (exact) mass is 408 g/mol. The topological polar surface area (TPSA) is 117 Å². The van der Waals surface area contributed by atoms with Gasteiger partial charge in [-0.1, -0.05) is 24.4 Å². The number of benzene rings is 1. The molecule has 1 saturated carbocycles. The zero-order valence-corrected chi connectivity index (χ0v) is 16.1. The summed E-state index contributed by atoms with van der Waals surface area (Å²) < 4.78 is 5.32. The molecule has 3 N–H and O–H groups in total. The average molecular weight is 409 g/mol. The molecule has 150 valence electrons. The Kier molecular flexibility index (Phi) is 5.73. The number of carbonyl (C=O) groups is 4. The number of hydrazine groups is 1. The van der Waals surface area contributed by atoms with Crippen LogP contribution >= 0.6 is 11.6 Å². The van der Waals surface area contributed by atoms with Crippen molar-refractivity contribution in [1.82, 2.24) is 21.1 Å². The van der Waals surface area contributed by atoms with Crippen molar-refractivity contribution in [2.24, 2.45) is 0 Å². The molecule has 2 aliphatic rings. The highest BCUT2D eigenvalue weighted by Crippen LogP contribution is 2.34. The second kappa shape index (κ2) is 8.05. The van der Waals surface area contributed by atoms with Gasteiger partial charge in [0.25, 0.3) is 17.7 Å². The summed E-state index contributed by atoms with van der Waals surface area (Å²) in [6.45, 7) is 1.01. The molecule has 2 fully saturated rings. The predicted molar refractivity (Wildman–Crippen MR) is 99.4 cm³/mol. The summed E-state index contributed by atoms with van der Waals surface area (Å²) in [6.07, 6.45) is 2.87. The number of aryl methyl sites for hydroxylation is 1. The van der Waals surface area contributed by atoms with Crippen molar-refractivity contribution in [3.63, 3.8) is 0 Å². The van der Waals surface area contributed by atoms with E-state index in [1.807, 2.05) is 0 Å². The van der Waals surface area contributed by atoms with E-state index in [1.54, 1.807) is 25.1 Å². The Labute approximate surface area is 166 Å². The molecule has 9 nitrogen and oxygen atoms in total. The number of amides is 5. The minimum atomic E-state index is -0.870. The second-order valence-electron chi connectivity index (χ2n) is 6.91. The number of halogens is 1. The predicted octanol–water partition coefficient (Wildman–Crippen LogP) is 1.04. The van der Waals surface area contributed by atoms with Crippen LogP contribution in [-0.4, -0.2) is 47.3 Å². The zero-order valence-electron chi connectivity index (χ0n) is 15.3. The highest BCUT2D eigenvalue weighted by molar-refractivity contribution is 6.31. The van der Waals surface area contributed by atoms with Crippen LogP contribution < -0.4 is 20.9 Å². The lowest BCUT2D eigenvalue weighted by Crippen LogP contribution is -2.49. The second-order valence-corrected chi connectivity index (χ2v) is 7.31. The standard InChI is InChI=1S/C18H21ClN4O5/c1-11-8-12(4-5-13(11)19)28-10-15(25)22-21-14(24)9-23-16(26)18(20-17(23)27)6-2-3-7-18/h4-5,8H,2-3,6-7,9-10H2,1H3,(H,20,27)(H,21,24)(H,22,25). The van der Waals surface area contributed by atoms with E-state index in [9.17, 15) is 19.2 Å². The number of ether oxygens (including phenoxy) is 1. The summed E-state index contributed by atoms with van der Waals surface area (Å²) in [5, 5.41) is 3.27. The maximum Gasteiger partial charge on any atom is 0.325 e. The largest absolute Gasteiger partial charge is 0.484 e. The third-order valence-corrected chi connectivity index (χ3v) is 5.27. The Morgan fingerprint density at radius 2 is 1.89 bits per heavy atom. The van der Waals surface area contributed by atoms with E-state index in [4.69, 9.17) is 16.3 Å². The smallest absolute Gasteiger partial charge is 0.325 e. The van der Waals surface area contributed by atoms with Crippen molar-refractivity contribution in [3.8, 4) is 5.75 Å². The summed E-state index contributed by atoms with van der Waals surface area (Å²) >= 11 is 5.92. The van der Waals surface area contributed by atoms with Crippen LogP contribution in [0.4, 0.5) is 4.79 Å². The van der Waals surface area contributed by atoms with Crippen LogP contribution in [0.5, 0.6) is 5.75 Å². The minimum absolute atomic E-state index is 0.326. The van der Waals surface area contributed by atoms with Gasteiger partial charge in [0.2, 0.25) is 0 Å². The van der Waals surface area contributed by atoms with Crippen molar-refractivity contribution < 1.29 is 23.9 Å². The van der Waals surface area contributed by atoms with E-state index < -0.39 is 35.8 Å². The van der Waals surface area contributed by atoms with Crippen LogP contribution in [0.25, 0.3) is 0 Å². The molecule has 1 aromatic carbocycles. The summed E-state index contributed by atoms with van der Waals surface area (Å²) in [4.78, 5) is 49.2. The number of hydrogen-bond donors (Lipinski definition) is 3. The van der Waals surface area contributed by atoms with Gasteiger partial charge < -0.3 is 10.1 Å². The lowest BCUT2D eigenvalue weighted by molar-refractivity contribution is -0.136. The fourth-order valence-corrected chi connectivity index (χ4v) is 3.47. The van der Waals surface area contributed by atoms with Gasteiger partial charge in [0.1, 0.15) is 17.8 Å². The quantitative estimate of drug-likeness (QED) is 0.497. The first kappa shape index (κ1) is 19.9. The lowest BCUT2D eigenvalue weighted by Gasteiger charge is -2.19. The minimum Gasteiger partial charge on any atom is -0.484 e. The van der Waals surface area contributed by atoms with E-state index in [1.165, 1.54) is 0 Å². The molecule has 28 heavy (non-hydrogen) atoms. The van der Waals surface area contributed by atoms with Crippen molar-refractivity contribution in [3.05, 3.63) is 28.8 Å².